The van der Waals surface area contributed by atoms with Gasteiger partial charge in [-0.2, -0.15) is 0 Å². The Kier molecular flexibility index (Phi) is 4.64. The Balaban J connectivity index is 2.44. The van der Waals surface area contributed by atoms with Crippen molar-refractivity contribution in [1.82, 2.24) is 0 Å². The molecule has 0 fully saturated rings. The van der Waals surface area contributed by atoms with Crippen LogP contribution in [0.15, 0.2) is 49.8 Å². The van der Waals surface area contributed by atoms with E-state index in [4.69, 9.17) is 0 Å². The summed E-state index contributed by atoms with van der Waals surface area (Å²) in [6.45, 7) is 2.02. The normalized spacial score (nSPS) is 12.5. The van der Waals surface area contributed by atoms with E-state index in [1.807, 2.05) is 43.3 Å². The van der Waals surface area contributed by atoms with Gasteiger partial charge < -0.3 is 5.11 Å². The van der Waals surface area contributed by atoms with Crippen molar-refractivity contribution in [3.63, 3.8) is 0 Å². The van der Waals surface area contributed by atoms with E-state index in [-0.39, 0.29) is 0 Å². The van der Waals surface area contributed by atoms with Gasteiger partial charge in [0.15, 0.2) is 0 Å². The highest BCUT2D eigenvalue weighted by molar-refractivity contribution is 9.11. The van der Waals surface area contributed by atoms with Crippen molar-refractivity contribution in [1.29, 1.82) is 0 Å². The smallest absolute Gasteiger partial charge is 0.105 e. The highest BCUT2D eigenvalue weighted by Crippen LogP contribution is 2.32. The van der Waals surface area contributed by atoms with Crippen molar-refractivity contribution in [2.45, 2.75) is 13.0 Å². The minimum absolute atomic E-state index is 0.645. The number of aliphatic hydroxyl groups excluding tert-OH is 1. The molecule has 1 atom stereocenters. The number of aliphatic hydroxyl groups is 1. The van der Waals surface area contributed by atoms with Crippen molar-refractivity contribution in [3.8, 4) is 0 Å². The van der Waals surface area contributed by atoms with Gasteiger partial charge in [0.05, 0.1) is 0 Å². The maximum atomic E-state index is 10.4. The summed E-state index contributed by atoms with van der Waals surface area (Å²) in [7, 11) is 0. The fourth-order valence-electron chi connectivity index (χ4n) is 1.68. The number of hydrogen-bond acceptors (Lipinski definition) is 1. The van der Waals surface area contributed by atoms with Crippen LogP contribution < -0.4 is 0 Å². The lowest BCUT2D eigenvalue weighted by Crippen LogP contribution is -2.01. The maximum Gasteiger partial charge on any atom is 0.105 e. The Hall–Kier alpha value is -0.160. The summed E-state index contributed by atoms with van der Waals surface area (Å²) in [6.07, 6.45) is -0.645. The SMILES string of the molecule is Cc1ccc(C(O)c2cc(Br)ccc2Br)cc1Br. The third-order valence-electron chi connectivity index (χ3n) is 2.76. The first-order valence-corrected chi connectivity index (χ1v) is 7.76. The van der Waals surface area contributed by atoms with Gasteiger partial charge in [0.1, 0.15) is 6.10 Å². The molecule has 0 heterocycles. The molecule has 0 aliphatic rings. The number of halogens is 3. The summed E-state index contributed by atoms with van der Waals surface area (Å²) in [5.74, 6) is 0. The maximum absolute atomic E-state index is 10.4. The van der Waals surface area contributed by atoms with Crippen LogP contribution in [0.1, 0.15) is 22.8 Å². The zero-order valence-corrected chi connectivity index (χ0v) is 14.4. The molecule has 0 aromatic heterocycles. The molecule has 0 amide bonds. The number of benzene rings is 2. The summed E-state index contributed by atoms with van der Waals surface area (Å²) in [5.41, 5.74) is 2.87. The van der Waals surface area contributed by atoms with Gasteiger partial charge in [0, 0.05) is 19.0 Å². The molecule has 18 heavy (non-hydrogen) atoms. The molecule has 0 aliphatic carbocycles. The Morgan fingerprint density at radius 1 is 0.944 bits per heavy atom. The zero-order chi connectivity index (χ0) is 13.3. The molecule has 0 saturated carbocycles. The molecule has 0 bridgehead atoms. The zero-order valence-electron chi connectivity index (χ0n) is 9.62. The predicted octanol–water partition coefficient (Wildman–Crippen LogP) is 5.36. The summed E-state index contributed by atoms with van der Waals surface area (Å²) in [5, 5.41) is 10.4. The number of aryl methyl sites for hydroxylation is 1. The summed E-state index contributed by atoms with van der Waals surface area (Å²) in [4.78, 5) is 0. The quantitative estimate of drug-likeness (QED) is 0.674. The van der Waals surface area contributed by atoms with Gasteiger partial charge in [-0.1, -0.05) is 59.9 Å². The van der Waals surface area contributed by atoms with E-state index >= 15 is 0 Å². The van der Waals surface area contributed by atoms with E-state index in [9.17, 15) is 5.11 Å². The van der Waals surface area contributed by atoms with Gasteiger partial charge in [-0.15, -0.1) is 0 Å². The van der Waals surface area contributed by atoms with Crippen molar-refractivity contribution < 1.29 is 5.11 Å². The highest BCUT2D eigenvalue weighted by atomic mass is 79.9. The predicted molar refractivity (Wildman–Crippen MR) is 84.8 cm³/mol. The molecule has 0 aliphatic heterocycles. The van der Waals surface area contributed by atoms with Crippen LogP contribution in [0, 0.1) is 6.92 Å². The average Bonchev–Trinajstić information content (AvgIpc) is 2.35. The molecule has 0 radical (unpaired) electrons. The van der Waals surface area contributed by atoms with Gasteiger partial charge in [-0.3, -0.25) is 0 Å². The molecular formula is C14H11Br3O. The van der Waals surface area contributed by atoms with E-state index < -0.39 is 6.10 Å². The minimum atomic E-state index is -0.645. The molecule has 2 aromatic carbocycles. The Morgan fingerprint density at radius 3 is 2.33 bits per heavy atom. The summed E-state index contributed by atoms with van der Waals surface area (Å²) in [6, 6.07) is 11.7. The van der Waals surface area contributed by atoms with E-state index in [0.29, 0.717) is 0 Å². The fourth-order valence-corrected chi connectivity index (χ4v) is 2.92. The van der Waals surface area contributed by atoms with Crippen LogP contribution in [-0.4, -0.2) is 5.11 Å². The Bertz CT molecular complexity index is 581. The topological polar surface area (TPSA) is 20.2 Å². The first-order valence-electron chi connectivity index (χ1n) is 5.38. The van der Waals surface area contributed by atoms with Crippen LogP contribution >= 0.6 is 47.8 Å². The van der Waals surface area contributed by atoms with Crippen LogP contribution in [0.2, 0.25) is 0 Å². The first kappa shape index (κ1) is 14.3. The van der Waals surface area contributed by atoms with E-state index in [2.05, 4.69) is 47.8 Å². The minimum Gasteiger partial charge on any atom is -0.384 e. The monoisotopic (exact) mass is 432 g/mol. The lowest BCUT2D eigenvalue weighted by molar-refractivity contribution is 0.219. The Morgan fingerprint density at radius 2 is 1.67 bits per heavy atom. The van der Waals surface area contributed by atoms with Gasteiger partial charge in [-0.25, -0.2) is 0 Å². The standard InChI is InChI=1S/C14H11Br3O/c1-8-2-3-9(6-13(8)17)14(18)11-7-10(15)4-5-12(11)16/h2-7,14,18H,1H3. The van der Waals surface area contributed by atoms with Crippen LogP contribution in [0.25, 0.3) is 0 Å². The molecule has 1 unspecified atom stereocenters. The van der Waals surface area contributed by atoms with E-state index in [0.717, 1.165) is 30.1 Å². The van der Waals surface area contributed by atoms with Crippen molar-refractivity contribution in [2.24, 2.45) is 0 Å². The largest absolute Gasteiger partial charge is 0.384 e. The van der Waals surface area contributed by atoms with E-state index in [1.165, 1.54) is 0 Å². The molecule has 4 heteroatoms. The highest BCUT2D eigenvalue weighted by Gasteiger charge is 2.14. The molecular weight excluding hydrogens is 424 g/mol. The summed E-state index contributed by atoms with van der Waals surface area (Å²) < 4.78 is 2.85. The molecule has 2 rings (SSSR count). The Labute approximate surface area is 132 Å². The van der Waals surface area contributed by atoms with Gasteiger partial charge in [0.2, 0.25) is 0 Å². The molecule has 1 N–H and O–H groups in total. The van der Waals surface area contributed by atoms with Crippen molar-refractivity contribution >= 4 is 47.8 Å². The molecule has 0 spiro atoms. The lowest BCUT2D eigenvalue weighted by Gasteiger charge is -2.15. The van der Waals surface area contributed by atoms with Crippen molar-refractivity contribution in [2.75, 3.05) is 0 Å². The molecule has 1 nitrogen and oxygen atoms in total. The lowest BCUT2D eigenvalue weighted by atomic mass is 10.0. The van der Waals surface area contributed by atoms with Gasteiger partial charge in [-0.05, 0) is 42.3 Å². The third-order valence-corrected chi connectivity index (χ3v) is 4.83. The first-order chi connectivity index (χ1) is 8.49. The fraction of sp³-hybridized carbons (Fsp3) is 0.143. The second kappa shape index (κ2) is 5.87. The van der Waals surface area contributed by atoms with Crippen LogP contribution in [0.3, 0.4) is 0 Å². The van der Waals surface area contributed by atoms with Gasteiger partial charge in [0.25, 0.3) is 0 Å². The molecule has 2 aromatic rings. The average molecular weight is 435 g/mol. The number of rotatable bonds is 2. The summed E-state index contributed by atoms with van der Waals surface area (Å²) >= 11 is 10.4. The molecule has 0 saturated heterocycles. The van der Waals surface area contributed by atoms with Crippen molar-refractivity contribution in [3.05, 3.63) is 66.5 Å². The second-order valence-electron chi connectivity index (χ2n) is 4.08. The second-order valence-corrected chi connectivity index (χ2v) is 6.70. The number of hydrogen-bond donors (Lipinski definition) is 1. The van der Waals surface area contributed by atoms with Crippen LogP contribution in [0.5, 0.6) is 0 Å². The van der Waals surface area contributed by atoms with Gasteiger partial charge >= 0.3 is 0 Å². The van der Waals surface area contributed by atoms with Crippen LogP contribution in [-0.2, 0) is 0 Å². The van der Waals surface area contributed by atoms with E-state index in [1.54, 1.807) is 0 Å². The molecule has 94 valence electrons. The third kappa shape index (κ3) is 3.05. The van der Waals surface area contributed by atoms with Crippen LogP contribution in [0.4, 0.5) is 0 Å².